The van der Waals surface area contributed by atoms with E-state index in [2.05, 4.69) is 16.0 Å². The third kappa shape index (κ3) is 3.94. The van der Waals surface area contributed by atoms with Crippen molar-refractivity contribution >= 4 is 16.9 Å². The van der Waals surface area contributed by atoms with E-state index in [1.165, 1.54) is 0 Å². The molecule has 6 heteroatoms. The average molecular weight is 331 g/mol. The molecule has 1 aromatic carbocycles. The summed E-state index contributed by atoms with van der Waals surface area (Å²) in [6.07, 6.45) is 2.20. The Labute approximate surface area is 142 Å². The fourth-order valence-corrected chi connectivity index (χ4v) is 3.06. The van der Waals surface area contributed by atoms with Crippen LogP contribution < -0.4 is 5.32 Å². The van der Waals surface area contributed by atoms with Crippen molar-refractivity contribution in [3.8, 4) is 0 Å². The molecule has 1 aliphatic rings. The van der Waals surface area contributed by atoms with Crippen molar-refractivity contribution in [2.75, 3.05) is 26.4 Å². The average Bonchev–Trinajstić information content (AvgIpc) is 3.23. The number of ether oxygens (including phenoxy) is 2. The van der Waals surface area contributed by atoms with Crippen LogP contribution in [0.5, 0.6) is 0 Å². The summed E-state index contributed by atoms with van der Waals surface area (Å²) >= 11 is 0. The van der Waals surface area contributed by atoms with Crippen LogP contribution in [-0.2, 0) is 27.2 Å². The predicted octanol–water partition coefficient (Wildman–Crippen LogP) is 1.91. The van der Waals surface area contributed by atoms with Crippen LogP contribution in [0, 0.1) is 0 Å². The zero-order valence-electron chi connectivity index (χ0n) is 14.2. The lowest BCUT2D eigenvalue weighted by Gasteiger charge is -2.12. The van der Waals surface area contributed by atoms with Crippen LogP contribution in [0.15, 0.2) is 24.3 Å². The third-order valence-corrected chi connectivity index (χ3v) is 4.27. The van der Waals surface area contributed by atoms with Gasteiger partial charge >= 0.3 is 0 Å². The lowest BCUT2D eigenvalue weighted by atomic mass is 10.2. The molecule has 1 amide bonds. The fraction of sp³-hybridized carbons (Fsp3) is 0.556. The summed E-state index contributed by atoms with van der Waals surface area (Å²) < 4.78 is 13.1. The summed E-state index contributed by atoms with van der Waals surface area (Å²) in [6, 6.07) is 8.10. The number of para-hydroxylation sites is 2. The van der Waals surface area contributed by atoms with Crippen LogP contribution in [0.4, 0.5) is 0 Å². The van der Waals surface area contributed by atoms with Gasteiger partial charge in [-0.05, 0) is 31.9 Å². The Morgan fingerprint density at radius 1 is 1.46 bits per heavy atom. The monoisotopic (exact) mass is 331 g/mol. The molecule has 1 N–H and O–H groups in total. The second kappa shape index (κ2) is 8.26. The summed E-state index contributed by atoms with van der Waals surface area (Å²) in [7, 11) is 0. The molecule has 0 saturated carbocycles. The van der Waals surface area contributed by atoms with Gasteiger partial charge in [-0.2, -0.15) is 0 Å². The van der Waals surface area contributed by atoms with Crippen molar-refractivity contribution in [3.63, 3.8) is 0 Å². The molecule has 1 aromatic heterocycles. The Balaban J connectivity index is 1.64. The Hall–Kier alpha value is -1.92. The first-order chi connectivity index (χ1) is 11.8. The first-order valence-corrected chi connectivity index (χ1v) is 8.70. The fourth-order valence-electron chi connectivity index (χ4n) is 3.06. The maximum Gasteiger partial charge on any atom is 0.249 e. The van der Waals surface area contributed by atoms with E-state index in [0.29, 0.717) is 32.8 Å². The number of carbonyl (C=O) groups is 1. The molecule has 0 bridgehead atoms. The number of nitrogens with one attached hydrogen (secondary N) is 1. The number of amides is 1. The summed E-state index contributed by atoms with van der Waals surface area (Å²) in [5.74, 6) is 0.966. The van der Waals surface area contributed by atoms with Crippen molar-refractivity contribution in [2.24, 2.45) is 0 Å². The van der Waals surface area contributed by atoms with Crippen LogP contribution in [0.3, 0.4) is 0 Å². The van der Waals surface area contributed by atoms with Gasteiger partial charge in [-0.25, -0.2) is 4.98 Å². The van der Waals surface area contributed by atoms with Crippen molar-refractivity contribution in [3.05, 3.63) is 30.1 Å². The minimum absolute atomic E-state index is 0.00974. The molecule has 6 nitrogen and oxygen atoms in total. The van der Waals surface area contributed by atoms with Crippen LogP contribution >= 0.6 is 0 Å². The molecular formula is C18H25N3O3. The summed E-state index contributed by atoms with van der Waals surface area (Å²) in [5.41, 5.74) is 2.09. The lowest BCUT2D eigenvalue weighted by molar-refractivity contribution is -0.130. The number of imidazole rings is 1. The van der Waals surface area contributed by atoms with Gasteiger partial charge in [0.15, 0.2) is 0 Å². The highest BCUT2D eigenvalue weighted by atomic mass is 16.5. The molecule has 1 aliphatic heterocycles. The van der Waals surface area contributed by atoms with Crippen LogP contribution in [-0.4, -0.2) is 47.9 Å². The normalized spacial score (nSPS) is 17.5. The van der Waals surface area contributed by atoms with Crippen molar-refractivity contribution in [1.29, 1.82) is 0 Å². The van der Waals surface area contributed by atoms with Crippen LogP contribution in [0.2, 0.25) is 0 Å². The summed E-state index contributed by atoms with van der Waals surface area (Å²) in [5, 5.41) is 2.96. The van der Waals surface area contributed by atoms with Gasteiger partial charge in [0.25, 0.3) is 0 Å². The molecule has 0 aliphatic carbocycles. The van der Waals surface area contributed by atoms with Crippen molar-refractivity contribution in [1.82, 2.24) is 14.9 Å². The van der Waals surface area contributed by atoms with E-state index in [9.17, 15) is 4.79 Å². The topological polar surface area (TPSA) is 65.4 Å². The molecule has 3 rings (SSSR count). The number of benzene rings is 1. The van der Waals surface area contributed by atoms with Gasteiger partial charge in [-0.15, -0.1) is 0 Å². The summed E-state index contributed by atoms with van der Waals surface area (Å²) in [4.78, 5) is 16.7. The van der Waals surface area contributed by atoms with Gasteiger partial charge in [0.05, 0.1) is 17.6 Å². The van der Waals surface area contributed by atoms with Gasteiger partial charge in [-0.1, -0.05) is 12.1 Å². The van der Waals surface area contributed by atoms with Gasteiger partial charge in [0, 0.05) is 32.7 Å². The van der Waals surface area contributed by atoms with Crippen LogP contribution in [0.1, 0.15) is 25.6 Å². The van der Waals surface area contributed by atoms with Crippen LogP contribution in [0.25, 0.3) is 11.0 Å². The number of aromatic nitrogens is 2. The molecule has 1 unspecified atom stereocenters. The highest BCUT2D eigenvalue weighted by Crippen LogP contribution is 2.16. The second-order valence-corrected chi connectivity index (χ2v) is 5.91. The van der Waals surface area contributed by atoms with Gasteiger partial charge < -0.3 is 19.4 Å². The van der Waals surface area contributed by atoms with E-state index in [1.807, 2.05) is 25.1 Å². The molecule has 24 heavy (non-hydrogen) atoms. The Kier molecular flexibility index (Phi) is 5.82. The molecule has 130 valence electrons. The molecule has 0 radical (unpaired) electrons. The number of nitrogens with zero attached hydrogens (tertiary/aromatic N) is 2. The molecular weight excluding hydrogens is 306 g/mol. The molecule has 1 fully saturated rings. The quantitative estimate of drug-likeness (QED) is 0.751. The minimum atomic E-state index is -0.276. The number of rotatable bonds is 8. The smallest absolute Gasteiger partial charge is 0.249 e. The largest absolute Gasteiger partial charge is 0.380 e. The number of hydrogen-bond acceptors (Lipinski definition) is 4. The Morgan fingerprint density at radius 2 is 2.33 bits per heavy atom. The zero-order valence-corrected chi connectivity index (χ0v) is 14.2. The van der Waals surface area contributed by atoms with Gasteiger partial charge in [0.1, 0.15) is 11.9 Å². The Bertz CT molecular complexity index is 677. The predicted molar refractivity (Wildman–Crippen MR) is 91.9 cm³/mol. The molecule has 2 aromatic rings. The number of fused-ring (bicyclic) bond motifs is 1. The second-order valence-electron chi connectivity index (χ2n) is 5.91. The van der Waals surface area contributed by atoms with Gasteiger partial charge in [0.2, 0.25) is 5.91 Å². The highest BCUT2D eigenvalue weighted by molar-refractivity contribution is 5.81. The third-order valence-electron chi connectivity index (χ3n) is 4.27. The highest BCUT2D eigenvalue weighted by Gasteiger charge is 2.23. The zero-order chi connectivity index (χ0) is 16.8. The van der Waals surface area contributed by atoms with Gasteiger partial charge in [-0.3, -0.25) is 4.79 Å². The SMILES string of the molecule is CCOCCn1c(CCNC(=O)C2CCCO2)nc2ccccc21. The van der Waals surface area contributed by atoms with Crippen molar-refractivity contribution in [2.45, 2.75) is 38.8 Å². The van der Waals surface area contributed by atoms with Crippen molar-refractivity contribution < 1.29 is 14.3 Å². The number of carbonyl (C=O) groups excluding carboxylic acids is 1. The summed E-state index contributed by atoms with van der Waals surface area (Å²) in [6.45, 7) is 5.38. The van der Waals surface area contributed by atoms with E-state index >= 15 is 0 Å². The standard InChI is InChI=1S/C18H25N3O3/c1-2-23-13-11-21-15-7-4-3-6-14(15)20-17(21)9-10-19-18(22)16-8-5-12-24-16/h3-4,6-7,16H,2,5,8-13H2,1H3,(H,19,22). The lowest BCUT2D eigenvalue weighted by Crippen LogP contribution is -2.35. The first-order valence-electron chi connectivity index (χ1n) is 8.70. The first kappa shape index (κ1) is 16.9. The maximum absolute atomic E-state index is 12.0. The number of hydrogen-bond donors (Lipinski definition) is 1. The van der Waals surface area contributed by atoms with E-state index < -0.39 is 0 Å². The molecule has 1 saturated heterocycles. The molecule has 2 heterocycles. The van der Waals surface area contributed by atoms with E-state index in [-0.39, 0.29) is 12.0 Å². The van der Waals surface area contributed by atoms with E-state index in [4.69, 9.17) is 14.5 Å². The molecule has 0 spiro atoms. The maximum atomic E-state index is 12.0. The van der Waals surface area contributed by atoms with E-state index in [1.54, 1.807) is 0 Å². The minimum Gasteiger partial charge on any atom is -0.380 e. The molecule has 1 atom stereocenters. The van der Waals surface area contributed by atoms with E-state index in [0.717, 1.165) is 36.2 Å². The Morgan fingerprint density at radius 3 is 3.12 bits per heavy atom.